The Hall–Kier alpha value is -2.93. The van der Waals surface area contributed by atoms with E-state index in [-0.39, 0.29) is 6.04 Å². The van der Waals surface area contributed by atoms with Crippen LogP contribution in [-0.4, -0.2) is 45.9 Å². The van der Waals surface area contributed by atoms with Gasteiger partial charge in [0.2, 0.25) is 0 Å². The first-order chi connectivity index (χ1) is 14.7. The van der Waals surface area contributed by atoms with Gasteiger partial charge in [-0.25, -0.2) is 4.68 Å². The van der Waals surface area contributed by atoms with E-state index in [9.17, 15) is 0 Å². The fourth-order valence-corrected chi connectivity index (χ4v) is 4.19. The van der Waals surface area contributed by atoms with Crippen molar-refractivity contribution in [1.29, 1.82) is 0 Å². The number of hydrogen-bond donors (Lipinski definition) is 0. The standard InChI is InChI=1S/C23H29N5O2/c1-4-5-12-28-22(24-25-26-28)16-27-13-11-18-14-20(29-2)21(30-3)15-19(18)23(27)17-9-7-6-8-10-17/h6-10,14-15,23H,4-5,11-13,16H2,1-3H3. The highest BCUT2D eigenvalue weighted by molar-refractivity contribution is 5.51. The molecular weight excluding hydrogens is 378 g/mol. The predicted octanol–water partition coefficient (Wildman–Crippen LogP) is 3.64. The average Bonchev–Trinajstić information content (AvgIpc) is 3.23. The van der Waals surface area contributed by atoms with Crippen LogP contribution in [0.1, 0.15) is 48.3 Å². The van der Waals surface area contributed by atoms with Gasteiger partial charge in [0.25, 0.3) is 0 Å². The first kappa shape index (κ1) is 20.3. The van der Waals surface area contributed by atoms with Crippen LogP contribution in [0.2, 0.25) is 0 Å². The number of aromatic nitrogens is 4. The summed E-state index contributed by atoms with van der Waals surface area (Å²) in [6, 6.07) is 14.9. The Morgan fingerprint density at radius 2 is 1.83 bits per heavy atom. The number of tetrazole rings is 1. The minimum Gasteiger partial charge on any atom is -0.493 e. The van der Waals surface area contributed by atoms with E-state index in [1.54, 1.807) is 14.2 Å². The average molecular weight is 408 g/mol. The van der Waals surface area contributed by atoms with E-state index in [2.05, 4.69) is 69.8 Å². The number of fused-ring (bicyclic) bond motifs is 1. The van der Waals surface area contributed by atoms with Gasteiger partial charge in [-0.15, -0.1) is 5.10 Å². The molecule has 0 spiro atoms. The quantitative estimate of drug-likeness (QED) is 0.568. The third kappa shape index (κ3) is 4.03. The largest absolute Gasteiger partial charge is 0.493 e. The second-order valence-electron chi connectivity index (χ2n) is 7.61. The lowest BCUT2D eigenvalue weighted by Gasteiger charge is -2.37. The van der Waals surface area contributed by atoms with E-state index < -0.39 is 0 Å². The molecule has 2 aromatic carbocycles. The van der Waals surface area contributed by atoms with Crippen molar-refractivity contribution in [3.8, 4) is 11.5 Å². The summed E-state index contributed by atoms with van der Waals surface area (Å²) in [4.78, 5) is 2.46. The molecule has 158 valence electrons. The van der Waals surface area contributed by atoms with Crippen LogP contribution in [0.3, 0.4) is 0 Å². The highest BCUT2D eigenvalue weighted by atomic mass is 16.5. The number of nitrogens with zero attached hydrogens (tertiary/aromatic N) is 5. The summed E-state index contributed by atoms with van der Waals surface area (Å²) in [6.45, 7) is 4.65. The first-order valence-electron chi connectivity index (χ1n) is 10.5. The van der Waals surface area contributed by atoms with E-state index in [0.29, 0.717) is 6.54 Å². The summed E-state index contributed by atoms with van der Waals surface area (Å²) < 4.78 is 13.1. The van der Waals surface area contributed by atoms with Gasteiger partial charge < -0.3 is 9.47 Å². The molecule has 1 atom stereocenters. The molecule has 7 nitrogen and oxygen atoms in total. The fraction of sp³-hybridized carbons (Fsp3) is 0.435. The summed E-state index contributed by atoms with van der Waals surface area (Å²) in [5.74, 6) is 2.44. The summed E-state index contributed by atoms with van der Waals surface area (Å²) in [5.41, 5.74) is 3.79. The zero-order chi connectivity index (χ0) is 20.9. The Bertz CT molecular complexity index is 973. The van der Waals surface area contributed by atoms with Crippen molar-refractivity contribution in [2.24, 2.45) is 0 Å². The lowest BCUT2D eigenvalue weighted by Crippen LogP contribution is -2.36. The third-order valence-corrected chi connectivity index (χ3v) is 5.76. The minimum atomic E-state index is 0.103. The molecule has 2 heterocycles. The Labute approximate surface area is 177 Å². The molecule has 1 aromatic heterocycles. The Morgan fingerprint density at radius 1 is 1.07 bits per heavy atom. The molecule has 0 saturated carbocycles. The van der Waals surface area contributed by atoms with Crippen molar-refractivity contribution in [3.05, 3.63) is 65.0 Å². The van der Waals surface area contributed by atoms with Crippen molar-refractivity contribution >= 4 is 0 Å². The molecule has 0 bridgehead atoms. The number of unbranched alkanes of at least 4 members (excludes halogenated alkanes) is 1. The molecule has 0 amide bonds. The number of ether oxygens (including phenoxy) is 2. The summed E-state index contributed by atoms with van der Waals surface area (Å²) in [5, 5.41) is 12.5. The van der Waals surface area contributed by atoms with Gasteiger partial charge in [0, 0.05) is 13.1 Å². The maximum Gasteiger partial charge on any atom is 0.165 e. The lowest BCUT2D eigenvalue weighted by molar-refractivity contribution is 0.194. The molecule has 4 rings (SSSR count). The zero-order valence-electron chi connectivity index (χ0n) is 17.9. The normalized spacial score (nSPS) is 16.3. The molecule has 0 radical (unpaired) electrons. The highest BCUT2D eigenvalue weighted by Crippen LogP contribution is 2.41. The molecule has 1 aliphatic rings. The first-order valence-corrected chi connectivity index (χ1v) is 10.5. The molecular formula is C23H29N5O2. The summed E-state index contributed by atoms with van der Waals surface area (Å²) in [6.07, 6.45) is 3.13. The highest BCUT2D eigenvalue weighted by Gasteiger charge is 2.31. The van der Waals surface area contributed by atoms with Crippen molar-refractivity contribution in [1.82, 2.24) is 25.1 Å². The second-order valence-corrected chi connectivity index (χ2v) is 7.61. The molecule has 1 unspecified atom stereocenters. The van der Waals surface area contributed by atoms with E-state index in [1.807, 2.05) is 4.68 Å². The van der Waals surface area contributed by atoms with Gasteiger partial charge in [-0.05, 0) is 52.1 Å². The van der Waals surface area contributed by atoms with E-state index >= 15 is 0 Å². The number of aryl methyl sites for hydroxylation is 1. The number of benzene rings is 2. The van der Waals surface area contributed by atoms with Crippen molar-refractivity contribution in [3.63, 3.8) is 0 Å². The molecule has 1 aliphatic heterocycles. The van der Waals surface area contributed by atoms with Gasteiger partial charge in [0.1, 0.15) is 0 Å². The van der Waals surface area contributed by atoms with Gasteiger partial charge in [0.05, 0.1) is 26.8 Å². The van der Waals surface area contributed by atoms with Gasteiger partial charge >= 0.3 is 0 Å². The van der Waals surface area contributed by atoms with Crippen LogP contribution in [0.4, 0.5) is 0 Å². The fourth-order valence-electron chi connectivity index (χ4n) is 4.19. The number of hydrogen-bond acceptors (Lipinski definition) is 6. The molecule has 0 N–H and O–H groups in total. The van der Waals surface area contributed by atoms with Crippen LogP contribution in [0.15, 0.2) is 42.5 Å². The smallest absolute Gasteiger partial charge is 0.165 e. The molecule has 0 fully saturated rings. The van der Waals surface area contributed by atoms with Crippen molar-refractivity contribution in [2.75, 3.05) is 20.8 Å². The molecule has 30 heavy (non-hydrogen) atoms. The molecule has 0 aliphatic carbocycles. The Kier molecular flexibility index (Phi) is 6.28. The van der Waals surface area contributed by atoms with Crippen LogP contribution in [0.5, 0.6) is 11.5 Å². The van der Waals surface area contributed by atoms with Crippen LogP contribution in [0, 0.1) is 0 Å². The summed E-state index contributed by atoms with van der Waals surface area (Å²) >= 11 is 0. The second kappa shape index (κ2) is 9.26. The van der Waals surface area contributed by atoms with Gasteiger partial charge in [-0.3, -0.25) is 4.90 Å². The zero-order valence-corrected chi connectivity index (χ0v) is 17.9. The Balaban J connectivity index is 1.72. The third-order valence-electron chi connectivity index (χ3n) is 5.76. The molecule has 3 aromatic rings. The summed E-state index contributed by atoms with van der Waals surface area (Å²) in [7, 11) is 3.37. The van der Waals surface area contributed by atoms with Gasteiger partial charge in [0.15, 0.2) is 17.3 Å². The van der Waals surface area contributed by atoms with Crippen molar-refractivity contribution < 1.29 is 9.47 Å². The Morgan fingerprint density at radius 3 is 2.57 bits per heavy atom. The van der Waals surface area contributed by atoms with Crippen molar-refractivity contribution in [2.45, 2.75) is 45.3 Å². The van der Waals surface area contributed by atoms with Crippen LogP contribution in [0.25, 0.3) is 0 Å². The number of methoxy groups -OCH3 is 2. The topological polar surface area (TPSA) is 65.3 Å². The van der Waals surface area contributed by atoms with E-state index in [0.717, 1.165) is 49.7 Å². The van der Waals surface area contributed by atoms with Crippen LogP contribution >= 0.6 is 0 Å². The van der Waals surface area contributed by atoms with Crippen LogP contribution in [-0.2, 0) is 19.5 Å². The maximum absolute atomic E-state index is 5.61. The predicted molar refractivity (Wildman–Crippen MR) is 115 cm³/mol. The number of rotatable bonds is 8. The monoisotopic (exact) mass is 407 g/mol. The van der Waals surface area contributed by atoms with Gasteiger partial charge in [-0.1, -0.05) is 43.7 Å². The van der Waals surface area contributed by atoms with Crippen LogP contribution < -0.4 is 9.47 Å². The molecule has 0 saturated heterocycles. The van der Waals surface area contributed by atoms with E-state index in [4.69, 9.17) is 9.47 Å². The minimum absolute atomic E-state index is 0.103. The SMILES string of the molecule is CCCCn1nnnc1CN1CCc2cc(OC)c(OC)cc2C1c1ccccc1. The lowest BCUT2D eigenvalue weighted by atomic mass is 9.87. The maximum atomic E-state index is 5.61. The van der Waals surface area contributed by atoms with E-state index in [1.165, 1.54) is 16.7 Å². The molecule has 7 heteroatoms. The van der Waals surface area contributed by atoms with Gasteiger partial charge in [-0.2, -0.15) is 0 Å².